The van der Waals surface area contributed by atoms with E-state index in [1.165, 1.54) is 24.3 Å². The third-order valence-electron chi connectivity index (χ3n) is 6.51. The molecule has 1 saturated carbocycles. The molecule has 190 valence electrons. The van der Waals surface area contributed by atoms with Crippen molar-refractivity contribution in [3.63, 3.8) is 0 Å². The summed E-state index contributed by atoms with van der Waals surface area (Å²) in [5, 5.41) is 12.3. The number of nitrogens with two attached hydrogens (primary N) is 1. The van der Waals surface area contributed by atoms with Crippen LogP contribution in [0.3, 0.4) is 0 Å². The standard InChI is InChI=1S/C26H27BrF2N4O3/c1-36-19-5-2-14(3-6-19)22-12-31-25(30)24(32-22)15-4-7-20(21(29)10-15)26(35)33-23(13-34)16-8-17(27)11-18(28)9-16/h4,7-12,14,19,23,34H,2-3,5-6,13H2,1H3,(H2,30,31)(H,33,35)/t14-,19-,23-/m1/s1. The van der Waals surface area contributed by atoms with Gasteiger partial charge in [0.25, 0.3) is 5.91 Å². The summed E-state index contributed by atoms with van der Waals surface area (Å²) in [6.07, 6.45) is 5.61. The highest BCUT2D eigenvalue weighted by atomic mass is 79.9. The normalized spacial score (nSPS) is 18.6. The zero-order valence-corrected chi connectivity index (χ0v) is 21.3. The van der Waals surface area contributed by atoms with Gasteiger partial charge in [-0.2, -0.15) is 0 Å². The van der Waals surface area contributed by atoms with Gasteiger partial charge in [-0.3, -0.25) is 4.79 Å². The largest absolute Gasteiger partial charge is 0.394 e. The van der Waals surface area contributed by atoms with Crippen molar-refractivity contribution in [2.24, 2.45) is 0 Å². The van der Waals surface area contributed by atoms with E-state index >= 15 is 4.39 Å². The number of aromatic nitrogens is 2. The molecule has 36 heavy (non-hydrogen) atoms. The molecule has 7 nitrogen and oxygen atoms in total. The van der Waals surface area contributed by atoms with Crippen LogP contribution in [-0.4, -0.2) is 40.8 Å². The Balaban J connectivity index is 1.54. The summed E-state index contributed by atoms with van der Waals surface area (Å²) in [6.45, 7) is -0.494. The van der Waals surface area contributed by atoms with E-state index in [-0.39, 0.29) is 23.4 Å². The van der Waals surface area contributed by atoms with Crippen LogP contribution in [-0.2, 0) is 4.74 Å². The number of aliphatic hydroxyl groups excluding tert-OH is 1. The number of aliphatic hydroxyl groups is 1. The van der Waals surface area contributed by atoms with E-state index < -0.39 is 30.2 Å². The van der Waals surface area contributed by atoms with Crippen LogP contribution in [0.2, 0.25) is 0 Å². The quantitative estimate of drug-likeness (QED) is 0.379. The molecule has 4 rings (SSSR count). The van der Waals surface area contributed by atoms with Crippen LogP contribution in [0.1, 0.15) is 59.3 Å². The molecule has 0 unspecified atom stereocenters. The Hall–Kier alpha value is -2.95. The number of hydrogen-bond acceptors (Lipinski definition) is 6. The smallest absolute Gasteiger partial charge is 0.254 e. The molecule has 1 fully saturated rings. The summed E-state index contributed by atoms with van der Waals surface area (Å²) < 4.78 is 34.7. The van der Waals surface area contributed by atoms with Gasteiger partial charge in [0.15, 0.2) is 0 Å². The van der Waals surface area contributed by atoms with E-state index in [0.29, 0.717) is 21.3 Å². The molecule has 2 aromatic carbocycles. The van der Waals surface area contributed by atoms with Crippen LogP contribution in [0, 0.1) is 11.6 Å². The molecule has 0 spiro atoms. The van der Waals surface area contributed by atoms with Crippen LogP contribution in [0.4, 0.5) is 14.6 Å². The SMILES string of the molecule is CO[C@H]1CC[C@H](c2cnc(N)c(-c3ccc(C(=O)N[C@H](CO)c4cc(F)cc(Br)c4)c(F)c3)n2)CC1. The number of methoxy groups -OCH3 is 1. The number of nitrogens with one attached hydrogen (secondary N) is 1. The van der Waals surface area contributed by atoms with Crippen LogP contribution in [0.25, 0.3) is 11.3 Å². The van der Waals surface area contributed by atoms with Crippen molar-refractivity contribution in [1.29, 1.82) is 0 Å². The average Bonchev–Trinajstić information content (AvgIpc) is 2.86. The Bertz CT molecular complexity index is 1230. The third kappa shape index (κ3) is 5.88. The fraction of sp³-hybridized carbons (Fsp3) is 0.346. The molecule has 1 atom stereocenters. The van der Waals surface area contributed by atoms with Crippen LogP contribution >= 0.6 is 15.9 Å². The third-order valence-corrected chi connectivity index (χ3v) is 6.97. The Morgan fingerprint density at radius 1 is 1.22 bits per heavy atom. The van der Waals surface area contributed by atoms with Gasteiger partial charge >= 0.3 is 0 Å². The van der Waals surface area contributed by atoms with Crippen molar-refractivity contribution >= 4 is 27.7 Å². The minimum atomic E-state index is -0.921. The maximum absolute atomic E-state index is 15.0. The predicted molar refractivity (Wildman–Crippen MR) is 135 cm³/mol. The molecule has 1 aromatic heterocycles. The van der Waals surface area contributed by atoms with E-state index in [0.717, 1.165) is 31.4 Å². The lowest BCUT2D eigenvalue weighted by molar-refractivity contribution is 0.0655. The molecule has 3 aromatic rings. The molecule has 1 aliphatic rings. The topological polar surface area (TPSA) is 110 Å². The summed E-state index contributed by atoms with van der Waals surface area (Å²) in [6, 6.07) is 7.17. The molecule has 1 amide bonds. The summed E-state index contributed by atoms with van der Waals surface area (Å²) in [7, 11) is 1.72. The second-order valence-corrected chi connectivity index (χ2v) is 9.76. The van der Waals surface area contributed by atoms with Crippen molar-refractivity contribution < 1.29 is 23.4 Å². The number of benzene rings is 2. The lowest BCUT2D eigenvalue weighted by Crippen LogP contribution is -2.31. The Morgan fingerprint density at radius 2 is 1.97 bits per heavy atom. The first kappa shape index (κ1) is 26.1. The highest BCUT2D eigenvalue weighted by Gasteiger charge is 2.25. The van der Waals surface area contributed by atoms with Gasteiger partial charge in [0.2, 0.25) is 0 Å². The van der Waals surface area contributed by atoms with Crippen molar-refractivity contribution in [1.82, 2.24) is 15.3 Å². The van der Waals surface area contributed by atoms with E-state index in [4.69, 9.17) is 10.5 Å². The highest BCUT2D eigenvalue weighted by molar-refractivity contribution is 9.10. The second kappa shape index (κ2) is 11.4. The Morgan fingerprint density at radius 3 is 2.61 bits per heavy atom. The summed E-state index contributed by atoms with van der Waals surface area (Å²) in [5.41, 5.74) is 7.71. The van der Waals surface area contributed by atoms with Gasteiger partial charge in [0.05, 0.1) is 36.2 Å². The zero-order chi connectivity index (χ0) is 25.8. The van der Waals surface area contributed by atoms with E-state index in [1.807, 2.05) is 0 Å². The predicted octanol–water partition coefficient (Wildman–Crippen LogP) is 4.90. The average molecular weight is 561 g/mol. The maximum Gasteiger partial charge on any atom is 0.254 e. The van der Waals surface area contributed by atoms with Crippen molar-refractivity contribution in [2.45, 2.75) is 43.7 Å². The van der Waals surface area contributed by atoms with E-state index in [1.54, 1.807) is 25.4 Å². The Labute approximate surface area is 216 Å². The number of amides is 1. The Kier molecular flexibility index (Phi) is 8.28. The monoisotopic (exact) mass is 560 g/mol. The number of rotatable bonds is 7. The number of halogens is 3. The lowest BCUT2D eigenvalue weighted by atomic mass is 9.85. The molecule has 0 aliphatic heterocycles. The van der Waals surface area contributed by atoms with Gasteiger partial charge in [-0.15, -0.1) is 0 Å². The molecule has 10 heteroatoms. The number of ether oxygens (including phenoxy) is 1. The van der Waals surface area contributed by atoms with Gasteiger partial charge in [-0.1, -0.05) is 22.0 Å². The van der Waals surface area contributed by atoms with Gasteiger partial charge in [0, 0.05) is 23.1 Å². The van der Waals surface area contributed by atoms with E-state index in [2.05, 4.69) is 31.2 Å². The number of hydrogen-bond donors (Lipinski definition) is 3. The van der Waals surface area contributed by atoms with Crippen molar-refractivity contribution in [3.05, 3.63) is 75.5 Å². The summed E-state index contributed by atoms with van der Waals surface area (Å²) >= 11 is 3.18. The first-order chi connectivity index (χ1) is 17.3. The molecule has 1 aliphatic carbocycles. The van der Waals surface area contributed by atoms with Crippen molar-refractivity contribution in [3.8, 4) is 11.3 Å². The second-order valence-electron chi connectivity index (χ2n) is 8.84. The lowest BCUT2D eigenvalue weighted by Gasteiger charge is -2.27. The minimum Gasteiger partial charge on any atom is -0.394 e. The fourth-order valence-electron chi connectivity index (χ4n) is 4.51. The summed E-state index contributed by atoms with van der Waals surface area (Å²) in [4.78, 5) is 21.7. The maximum atomic E-state index is 15.0. The first-order valence-electron chi connectivity index (χ1n) is 11.6. The number of nitrogens with zero attached hydrogens (tertiary/aromatic N) is 2. The van der Waals surface area contributed by atoms with Gasteiger partial charge < -0.3 is 20.9 Å². The molecule has 0 saturated heterocycles. The first-order valence-corrected chi connectivity index (χ1v) is 12.4. The number of nitrogen functional groups attached to an aromatic ring is 1. The van der Waals surface area contributed by atoms with Gasteiger partial charge in [-0.05, 0) is 61.6 Å². The molecular weight excluding hydrogens is 534 g/mol. The van der Waals surface area contributed by atoms with Crippen molar-refractivity contribution in [2.75, 3.05) is 19.5 Å². The highest BCUT2D eigenvalue weighted by Crippen LogP contribution is 2.34. The molecule has 1 heterocycles. The number of carbonyl (C=O) groups is 1. The van der Waals surface area contributed by atoms with Gasteiger partial charge in [0.1, 0.15) is 23.1 Å². The molecular formula is C26H27BrF2N4O3. The minimum absolute atomic E-state index is 0.165. The van der Waals surface area contributed by atoms with Crippen LogP contribution in [0.5, 0.6) is 0 Å². The van der Waals surface area contributed by atoms with E-state index in [9.17, 15) is 14.3 Å². The number of anilines is 1. The molecule has 4 N–H and O–H groups in total. The zero-order valence-electron chi connectivity index (χ0n) is 19.7. The van der Waals surface area contributed by atoms with Crippen LogP contribution < -0.4 is 11.1 Å². The molecule has 0 radical (unpaired) electrons. The fourth-order valence-corrected chi connectivity index (χ4v) is 4.99. The van der Waals surface area contributed by atoms with Gasteiger partial charge in [-0.25, -0.2) is 18.7 Å². The summed E-state index contributed by atoms with van der Waals surface area (Å²) in [5.74, 6) is -1.68. The number of carbonyl (C=O) groups excluding carboxylic acids is 1. The van der Waals surface area contributed by atoms with Crippen LogP contribution in [0.15, 0.2) is 47.1 Å². The molecule has 0 bridgehead atoms.